The Hall–Kier alpha value is -3.63. The summed E-state index contributed by atoms with van der Waals surface area (Å²) in [6.45, 7) is 12.3. The van der Waals surface area contributed by atoms with E-state index in [0.29, 0.717) is 31.0 Å². The molecule has 2 aromatic carbocycles. The van der Waals surface area contributed by atoms with Crippen LogP contribution in [0.1, 0.15) is 17.3 Å². The van der Waals surface area contributed by atoms with E-state index in [1.165, 1.54) is 0 Å². The molecule has 0 spiro atoms. The van der Waals surface area contributed by atoms with E-state index in [0.717, 1.165) is 35.4 Å². The van der Waals surface area contributed by atoms with Crippen LogP contribution in [0, 0.1) is 6.57 Å². The van der Waals surface area contributed by atoms with Gasteiger partial charge in [0.25, 0.3) is 11.5 Å². The van der Waals surface area contributed by atoms with Gasteiger partial charge in [0.15, 0.2) is 5.69 Å². The van der Waals surface area contributed by atoms with E-state index in [1.54, 1.807) is 46.8 Å². The highest BCUT2D eigenvalue weighted by molar-refractivity contribution is 6.07. The number of aromatic nitrogens is 1. The van der Waals surface area contributed by atoms with E-state index in [9.17, 15) is 9.59 Å². The van der Waals surface area contributed by atoms with Gasteiger partial charge in [0.2, 0.25) is 0 Å². The second-order valence-electron chi connectivity index (χ2n) is 7.44. The molecule has 31 heavy (non-hydrogen) atoms. The lowest BCUT2D eigenvalue weighted by Crippen LogP contribution is -2.37. The summed E-state index contributed by atoms with van der Waals surface area (Å²) in [5, 5.41) is 0.934. The molecule has 1 aliphatic heterocycles. The topological polar surface area (TPSA) is 59.1 Å². The van der Waals surface area contributed by atoms with Gasteiger partial charge in [0.05, 0.1) is 31.0 Å². The third kappa shape index (κ3) is 3.90. The molecular weight excluding hydrogens is 392 g/mol. The Morgan fingerprint density at radius 2 is 1.84 bits per heavy atom. The lowest BCUT2D eigenvalue weighted by molar-refractivity contribution is 0.0993. The molecule has 0 unspecified atom stereocenters. The average molecular weight is 416 g/mol. The lowest BCUT2D eigenvalue weighted by atomic mass is 10.1. The van der Waals surface area contributed by atoms with E-state index in [-0.39, 0.29) is 11.5 Å². The molecule has 1 aromatic heterocycles. The van der Waals surface area contributed by atoms with E-state index >= 15 is 0 Å². The van der Waals surface area contributed by atoms with Gasteiger partial charge in [0.1, 0.15) is 0 Å². The first-order valence-electron chi connectivity index (χ1n) is 10.3. The SMILES string of the molecule is [C-]#[N+]c1ccc(C(=O)N(C)c2ccc3c(c2)c(N2CCOCC2)cc(=O)n3CC)cc1. The van der Waals surface area contributed by atoms with E-state index in [2.05, 4.69) is 9.74 Å². The van der Waals surface area contributed by atoms with Crippen LogP contribution >= 0.6 is 0 Å². The fraction of sp³-hybridized carbons (Fsp3) is 0.292. The number of rotatable bonds is 4. The predicted molar refractivity (Wildman–Crippen MR) is 122 cm³/mol. The Labute approximate surface area is 180 Å². The van der Waals surface area contributed by atoms with Gasteiger partial charge in [0, 0.05) is 49.4 Å². The number of fused-ring (bicyclic) bond motifs is 1. The van der Waals surface area contributed by atoms with Crippen molar-refractivity contribution in [3.8, 4) is 0 Å². The van der Waals surface area contributed by atoms with Crippen molar-refractivity contribution < 1.29 is 9.53 Å². The molecule has 0 N–H and O–H groups in total. The third-order valence-corrected chi connectivity index (χ3v) is 5.68. The standard InChI is InChI=1S/C24H24N4O3/c1-4-28-21-10-9-19(26(3)24(30)17-5-7-18(25-2)8-6-17)15-20(21)22(16-23(28)29)27-11-13-31-14-12-27/h5-10,15-16H,4,11-14H2,1,3H3. The van der Waals surface area contributed by atoms with Crippen LogP contribution in [0.2, 0.25) is 0 Å². The van der Waals surface area contributed by atoms with Crippen molar-refractivity contribution in [2.75, 3.05) is 43.2 Å². The number of carbonyl (C=O) groups excluding carboxylic acids is 1. The molecule has 7 nitrogen and oxygen atoms in total. The van der Waals surface area contributed by atoms with Gasteiger partial charge in [-0.15, -0.1) is 0 Å². The summed E-state index contributed by atoms with van der Waals surface area (Å²) < 4.78 is 7.21. The molecule has 7 heteroatoms. The van der Waals surface area contributed by atoms with Gasteiger partial charge in [-0.25, -0.2) is 4.85 Å². The average Bonchev–Trinajstić information content (AvgIpc) is 2.83. The molecule has 4 rings (SSSR count). The highest BCUT2D eigenvalue weighted by Gasteiger charge is 2.19. The van der Waals surface area contributed by atoms with Crippen molar-refractivity contribution >= 4 is 33.9 Å². The van der Waals surface area contributed by atoms with Gasteiger partial charge in [-0.2, -0.15) is 0 Å². The molecule has 1 amide bonds. The number of morpholine rings is 1. The van der Waals surface area contributed by atoms with Crippen molar-refractivity contribution in [3.05, 3.63) is 75.9 Å². The zero-order valence-corrected chi connectivity index (χ0v) is 17.7. The van der Waals surface area contributed by atoms with Crippen LogP contribution in [0.15, 0.2) is 53.3 Å². The van der Waals surface area contributed by atoms with Gasteiger partial charge >= 0.3 is 0 Å². The van der Waals surface area contributed by atoms with Crippen molar-refractivity contribution in [1.29, 1.82) is 0 Å². The zero-order valence-electron chi connectivity index (χ0n) is 17.7. The van der Waals surface area contributed by atoms with E-state index in [4.69, 9.17) is 11.3 Å². The lowest BCUT2D eigenvalue weighted by Gasteiger charge is -2.30. The normalized spacial score (nSPS) is 13.8. The molecule has 0 bridgehead atoms. The predicted octanol–water partition coefficient (Wildman–Crippen LogP) is 3.69. The van der Waals surface area contributed by atoms with Crippen LogP contribution in [0.3, 0.4) is 0 Å². The van der Waals surface area contributed by atoms with Crippen molar-refractivity contribution in [2.45, 2.75) is 13.5 Å². The van der Waals surface area contributed by atoms with Gasteiger partial charge in [-0.1, -0.05) is 24.3 Å². The summed E-state index contributed by atoms with van der Waals surface area (Å²) in [5.41, 5.74) is 3.44. The molecule has 1 fully saturated rings. The van der Waals surface area contributed by atoms with Gasteiger partial charge in [-0.3, -0.25) is 9.59 Å². The summed E-state index contributed by atoms with van der Waals surface area (Å²) >= 11 is 0. The van der Waals surface area contributed by atoms with Crippen LogP contribution in [0.25, 0.3) is 15.7 Å². The summed E-state index contributed by atoms with van der Waals surface area (Å²) in [6.07, 6.45) is 0. The van der Waals surface area contributed by atoms with Gasteiger partial charge in [-0.05, 0) is 25.1 Å². The molecule has 0 atom stereocenters. The molecule has 0 aliphatic carbocycles. The van der Waals surface area contributed by atoms with Crippen LogP contribution in [0.4, 0.5) is 17.1 Å². The van der Waals surface area contributed by atoms with Crippen molar-refractivity contribution in [1.82, 2.24) is 4.57 Å². The third-order valence-electron chi connectivity index (χ3n) is 5.68. The largest absolute Gasteiger partial charge is 0.378 e. The second-order valence-corrected chi connectivity index (χ2v) is 7.44. The maximum absolute atomic E-state index is 13.0. The van der Waals surface area contributed by atoms with Crippen LogP contribution < -0.4 is 15.4 Å². The number of benzene rings is 2. The Morgan fingerprint density at radius 3 is 2.48 bits per heavy atom. The molecule has 0 saturated carbocycles. The monoisotopic (exact) mass is 416 g/mol. The smallest absolute Gasteiger partial charge is 0.257 e. The minimum Gasteiger partial charge on any atom is -0.378 e. The van der Waals surface area contributed by atoms with Gasteiger partial charge < -0.3 is 19.1 Å². The molecule has 2 heterocycles. The Kier molecular flexibility index (Phi) is 5.74. The first-order chi connectivity index (χ1) is 15.0. The highest BCUT2D eigenvalue weighted by Crippen LogP contribution is 2.30. The fourth-order valence-electron chi connectivity index (χ4n) is 3.95. The van der Waals surface area contributed by atoms with Crippen molar-refractivity contribution in [3.63, 3.8) is 0 Å². The minimum absolute atomic E-state index is 0.0337. The van der Waals surface area contributed by atoms with Crippen LogP contribution in [-0.2, 0) is 11.3 Å². The number of hydrogen-bond acceptors (Lipinski definition) is 4. The quantitative estimate of drug-likeness (QED) is 0.609. The Bertz CT molecular complexity index is 1220. The fourth-order valence-corrected chi connectivity index (χ4v) is 3.95. The number of amides is 1. The van der Waals surface area contributed by atoms with Crippen LogP contribution in [-0.4, -0.2) is 43.8 Å². The molecular formula is C24H24N4O3. The maximum atomic E-state index is 13.0. The van der Waals surface area contributed by atoms with Crippen LogP contribution in [0.5, 0.6) is 0 Å². The molecule has 1 aliphatic rings. The van der Waals surface area contributed by atoms with E-state index < -0.39 is 0 Å². The number of nitrogens with zero attached hydrogens (tertiary/aromatic N) is 4. The minimum atomic E-state index is -0.160. The molecule has 1 saturated heterocycles. The number of pyridine rings is 1. The Balaban J connectivity index is 1.78. The molecule has 0 radical (unpaired) electrons. The zero-order chi connectivity index (χ0) is 22.0. The molecule has 3 aromatic rings. The molecule has 158 valence electrons. The first-order valence-corrected chi connectivity index (χ1v) is 10.3. The highest BCUT2D eigenvalue weighted by atomic mass is 16.5. The first kappa shape index (κ1) is 20.6. The number of aryl methyl sites for hydroxylation is 1. The van der Waals surface area contributed by atoms with E-state index in [1.807, 2.05) is 25.1 Å². The summed E-state index contributed by atoms with van der Waals surface area (Å²) in [7, 11) is 1.73. The number of ether oxygens (including phenoxy) is 1. The second kappa shape index (κ2) is 8.62. The number of carbonyl (C=O) groups is 1. The number of anilines is 2. The maximum Gasteiger partial charge on any atom is 0.257 e. The Morgan fingerprint density at radius 1 is 1.13 bits per heavy atom. The van der Waals surface area contributed by atoms with Crippen molar-refractivity contribution in [2.24, 2.45) is 0 Å². The summed E-state index contributed by atoms with van der Waals surface area (Å²) in [4.78, 5) is 32.9. The number of hydrogen-bond donors (Lipinski definition) is 0. The summed E-state index contributed by atoms with van der Waals surface area (Å²) in [6, 6.07) is 14.1. The summed E-state index contributed by atoms with van der Waals surface area (Å²) in [5.74, 6) is -0.160.